The van der Waals surface area contributed by atoms with Gasteiger partial charge in [-0.15, -0.1) is 0 Å². The molecule has 0 radical (unpaired) electrons. The van der Waals surface area contributed by atoms with Gasteiger partial charge in [0.1, 0.15) is 0 Å². The van der Waals surface area contributed by atoms with Crippen LogP contribution >= 0.6 is 0 Å². The molecule has 1 N–H and O–H groups in total. The number of hydrogen-bond acceptors (Lipinski definition) is 1. The third kappa shape index (κ3) is 11.3. The van der Waals surface area contributed by atoms with Crippen molar-refractivity contribution < 1.29 is 26.2 Å². The molecule has 0 aromatic heterocycles. The Balaban J connectivity index is 0.00000173. The Morgan fingerprint density at radius 1 is 0.568 bits per heavy atom. The number of aryl methyl sites for hydroxylation is 1. The summed E-state index contributed by atoms with van der Waals surface area (Å²) in [6.45, 7) is 18.7. The first kappa shape index (κ1) is 36.6. The molecular formula is C35H62OW. The predicted octanol–water partition coefficient (Wildman–Crippen LogP) is 10.9. The van der Waals surface area contributed by atoms with Crippen LogP contribution in [0.15, 0.2) is 18.2 Å². The number of allylic oxidation sites excluding steroid dienone is 1. The summed E-state index contributed by atoms with van der Waals surface area (Å²) in [6.07, 6.45) is 21.2. The van der Waals surface area contributed by atoms with Crippen LogP contribution < -0.4 is 0 Å². The number of benzene rings is 1. The molecule has 0 amide bonds. The Hall–Kier alpha value is -0.392. The van der Waals surface area contributed by atoms with E-state index in [1.54, 1.807) is 0 Å². The van der Waals surface area contributed by atoms with E-state index in [-0.39, 0.29) is 27.2 Å². The van der Waals surface area contributed by atoms with E-state index in [2.05, 4.69) is 45.1 Å². The Kier molecular flexibility index (Phi) is 20.3. The average Bonchev–Trinajstić information content (AvgIpc) is 2.95. The third-order valence-electron chi connectivity index (χ3n) is 9.36. The van der Waals surface area contributed by atoms with Crippen molar-refractivity contribution in [2.45, 2.75) is 145 Å². The van der Waals surface area contributed by atoms with Gasteiger partial charge in [0.15, 0.2) is 0 Å². The maximum atomic E-state index is 9.79. The summed E-state index contributed by atoms with van der Waals surface area (Å²) in [5.41, 5.74) is 5.71. The van der Waals surface area contributed by atoms with Crippen LogP contribution in [0.1, 0.15) is 141 Å². The van der Waals surface area contributed by atoms with E-state index in [9.17, 15) is 5.11 Å². The molecule has 0 bridgehead atoms. The van der Waals surface area contributed by atoms with Crippen molar-refractivity contribution in [1.29, 1.82) is 0 Å². The first-order valence-corrected chi connectivity index (χ1v) is 15.9. The average molecular weight is 683 g/mol. The van der Waals surface area contributed by atoms with Gasteiger partial charge in [-0.05, 0) is 150 Å². The predicted molar refractivity (Wildman–Crippen MR) is 163 cm³/mol. The zero-order valence-corrected chi connectivity index (χ0v) is 29.0. The molecule has 37 heavy (non-hydrogen) atoms. The molecule has 214 valence electrons. The van der Waals surface area contributed by atoms with Gasteiger partial charge in [0.2, 0.25) is 0 Å². The molecule has 0 atom stereocenters. The topological polar surface area (TPSA) is 20.2 Å². The minimum atomic E-state index is 0. The van der Waals surface area contributed by atoms with Crippen molar-refractivity contribution in [2.24, 2.45) is 29.6 Å². The minimum Gasteiger partial charge on any atom is -0.393 e. The number of hydrogen-bond donors (Lipinski definition) is 1. The van der Waals surface area contributed by atoms with E-state index < -0.39 is 0 Å². The largest absolute Gasteiger partial charge is 0.393 e. The van der Waals surface area contributed by atoms with E-state index in [0.29, 0.717) is 0 Å². The Bertz CT molecular complexity index is 715. The molecule has 3 aliphatic rings. The molecule has 0 saturated heterocycles. The van der Waals surface area contributed by atoms with Crippen molar-refractivity contribution >= 4 is 6.08 Å². The second-order valence-corrected chi connectivity index (χ2v) is 11.0. The molecule has 0 spiro atoms. The summed E-state index contributed by atoms with van der Waals surface area (Å²) in [5.74, 6) is 4.67. The second-order valence-electron chi connectivity index (χ2n) is 11.0. The van der Waals surface area contributed by atoms with Crippen molar-refractivity contribution in [2.75, 3.05) is 0 Å². The van der Waals surface area contributed by atoms with E-state index in [1.165, 1.54) is 86.5 Å². The van der Waals surface area contributed by atoms with Crippen molar-refractivity contribution in [3.05, 3.63) is 40.5 Å². The van der Waals surface area contributed by atoms with Crippen LogP contribution in [-0.4, -0.2) is 11.2 Å². The molecule has 0 unspecified atom stereocenters. The fourth-order valence-corrected chi connectivity index (χ4v) is 6.87. The van der Waals surface area contributed by atoms with Crippen molar-refractivity contribution in [3.8, 4) is 0 Å². The van der Waals surface area contributed by atoms with Crippen LogP contribution in [0.4, 0.5) is 0 Å². The van der Waals surface area contributed by atoms with E-state index in [4.69, 9.17) is 0 Å². The summed E-state index contributed by atoms with van der Waals surface area (Å²) in [4.78, 5) is 0. The Morgan fingerprint density at radius 2 is 0.946 bits per heavy atom. The zero-order chi connectivity index (χ0) is 27.1. The van der Waals surface area contributed by atoms with Crippen molar-refractivity contribution in [3.63, 3.8) is 0 Å². The number of aliphatic hydroxyl groups excluding tert-OH is 1. The van der Waals surface area contributed by atoms with Crippen LogP contribution in [0.3, 0.4) is 0 Å². The van der Waals surface area contributed by atoms with Crippen LogP contribution in [0.5, 0.6) is 0 Å². The van der Waals surface area contributed by atoms with Gasteiger partial charge >= 0.3 is 0 Å². The molecule has 4 rings (SSSR count). The maximum Gasteiger partial charge on any atom is 0.0540 e. The molecule has 1 aromatic rings. The fraction of sp³-hybridized carbons (Fsp3) is 0.771. The molecular weight excluding hydrogens is 620 g/mol. The molecule has 0 aliphatic heterocycles. The second kappa shape index (κ2) is 20.5. The summed E-state index contributed by atoms with van der Waals surface area (Å²) >= 11 is 0. The minimum absolute atomic E-state index is 0. The molecule has 0 heterocycles. The molecule has 1 aromatic carbocycles. The van der Waals surface area contributed by atoms with Crippen LogP contribution in [0.2, 0.25) is 0 Å². The Morgan fingerprint density at radius 3 is 1.38 bits per heavy atom. The van der Waals surface area contributed by atoms with Gasteiger partial charge in [-0.1, -0.05) is 65.8 Å². The fourth-order valence-electron chi connectivity index (χ4n) is 6.87. The van der Waals surface area contributed by atoms with Crippen LogP contribution in [0, 0.1) is 50.4 Å². The maximum absolute atomic E-state index is 9.79. The van der Waals surface area contributed by atoms with Gasteiger partial charge < -0.3 is 5.11 Å². The quantitative estimate of drug-likeness (QED) is 0.335. The van der Waals surface area contributed by atoms with Gasteiger partial charge in [0.25, 0.3) is 0 Å². The monoisotopic (exact) mass is 682 g/mol. The third-order valence-corrected chi connectivity index (χ3v) is 9.36. The summed E-state index contributed by atoms with van der Waals surface area (Å²) in [7, 11) is 0. The van der Waals surface area contributed by atoms with Crippen molar-refractivity contribution in [1.82, 2.24) is 0 Å². The first-order valence-electron chi connectivity index (χ1n) is 15.9. The summed E-state index contributed by atoms with van der Waals surface area (Å²) in [6, 6.07) is 4.57. The molecule has 2 heteroatoms. The van der Waals surface area contributed by atoms with E-state index >= 15 is 0 Å². The summed E-state index contributed by atoms with van der Waals surface area (Å²) in [5, 5.41) is 9.79. The van der Waals surface area contributed by atoms with E-state index in [1.807, 2.05) is 41.5 Å². The molecule has 3 saturated carbocycles. The Labute approximate surface area is 247 Å². The molecule has 1 nitrogen and oxygen atoms in total. The molecule has 3 aliphatic carbocycles. The van der Waals surface area contributed by atoms with E-state index in [0.717, 1.165) is 42.4 Å². The summed E-state index contributed by atoms with van der Waals surface area (Å²) < 4.78 is 0. The smallest absolute Gasteiger partial charge is 0.0540 e. The van der Waals surface area contributed by atoms with Crippen LogP contribution in [0.25, 0.3) is 6.08 Å². The van der Waals surface area contributed by atoms with Gasteiger partial charge in [-0.3, -0.25) is 0 Å². The van der Waals surface area contributed by atoms with Crippen LogP contribution in [-0.2, 0) is 21.1 Å². The standard InChI is InChI=1S/C29H44O.3C2H6.W/c1-20-4-8-24(22(3)21(20)2)9-5-23-6-10-25(11-7-23)26-12-14-27(15-13-26)28-16-18-29(30)19-17-28;3*1-2;/h4-5,8-9,23,25-30H,6-7,10-19H2,1-3H3;3*1-2H3;/b9-5+;;;;. The van der Waals surface area contributed by atoms with Gasteiger partial charge in [-0.2, -0.15) is 0 Å². The van der Waals surface area contributed by atoms with Gasteiger partial charge in [0.05, 0.1) is 6.10 Å². The zero-order valence-electron chi connectivity index (χ0n) is 26.1. The first-order chi connectivity index (χ1) is 17.5. The van der Waals surface area contributed by atoms with Gasteiger partial charge in [-0.25, -0.2) is 0 Å². The number of rotatable bonds is 4. The normalized spacial score (nSPS) is 29.4. The van der Waals surface area contributed by atoms with Gasteiger partial charge in [0, 0.05) is 21.1 Å². The number of aliphatic hydroxyl groups is 1. The SMILES string of the molecule is CC.CC.CC.Cc1ccc(/C=C/C2CCC(C3CCC(C4CCC(O)CC4)CC3)CC2)c(C)c1C.[W]. The molecule has 3 fully saturated rings.